The van der Waals surface area contributed by atoms with Gasteiger partial charge in [0.25, 0.3) is 0 Å². The van der Waals surface area contributed by atoms with Gasteiger partial charge in [-0.1, -0.05) is 109 Å². The average molecular weight is 588 g/mol. The van der Waals surface area contributed by atoms with E-state index in [4.69, 9.17) is 15.0 Å². The molecule has 6 aromatic carbocycles. The first kappa shape index (κ1) is 25.0. The molecule has 0 aliphatic heterocycles. The monoisotopic (exact) mass is 587 g/mol. The summed E-state index contributed by atoms with van der Waals surface area (Å²) in [7, 11) is 0. The molecular formula is C41H25N5. The van der Waals surface area contributed by atoms with Crippen LogP contribution in [0.15, 0.2) is 152 Å². The van der Waals surface area contributed by atoms with E-state index in [0.717, 1.165) is 44.1 Å². The number of hydrogen-bond acceptors (Lipinski definition) is 3. The summed E-state index contributed by atoms with van der Waals surface area (Å²) in [5.41, 5.74) is 8.23. The van der Waals surface area contributed by atoms with E-state index in [2.05, 4.69) is 130 Å². The van der Waals surface area contributed by atoms with Crippen molar-refractivity contribution in [1.82, 2.24) is 24.1 Å². The van der Waals surface area contributed by atoms with Gasteiger partial charge in [0.05, 0.1) is 27.8 Å². The van der Waals surface area contributed by atoms with Gasteiger partial charge in [0.15, 0.2) is 5.65 Å². The van der Waals surface area contributed by atoms with Crippen molar-refractivity contribution in [3.63, 3.8) is 0 Å². The fraction of sp³-hybridized carbons (Fsp3) is 0. The lowest BCUT2D eigenvalue weighted by Gasteiger charge is -2.14. The fourth-order valence-corrected chi connectivity index (χ4v) is 7.31. The molecule has 10 rings (SSSR count). The van der Waals surface area contributed by atoms with E-state index in [9.17, 15) is 0 Å². The Balaban J connectivity index is 1.46. The maximum atomic E-state index is 5.32. The molecule has 0 bridgehead atoms. The highest BCUT2D eigenvalue weighted by molar-refractivity contribution is 6.37. The molecule has 0 aliphatic rings. The predicted octanol–water partition coefficient (Wildman–Crippen LogP) is 10.0. The summed E-state index contributed by atoms with van der Waals surface area (Å²) in [6, 6.07) is 51.1. The second kappa shape index (κ2) is 9.58. The van der Waals surface area contributed by atoms with E-state index < -0.39 is 0 Å². The van der Waals surface area contributed by atoms with Crippen LogP contribution < -0.4 is 0 Å². The van der Waals surface area contributed by atoms with Crippen LogP contribution in [0, 0.1) is 0 Å². The molecule has 5 heteroatoms. The second-order valence-corrected chi connectivity index (χ2v) is 11.6. The predicted molar refractivity (Wildman–Crippen MR) is 189 cm³/mol. The molecule has 4 heterocycles. The average Bonchev–Trinajstić information content (AvgIpc) is 3.66. The van der Waals surface area contributed by atoms with Gasteiger partial charge in [0.1, 0.15) is 0 Å². The van der Waals surface area contributed by atoms with Crippen LogP contribution in [0.3, 0.4) is 0 Å². The highest BCUT2D eigenvalue weighted by atomic mass is 15.2. The van der Waals surface area contributed by atoms with Gasteiger partial charge in [-0.2, -0.15) is 4.98 Å². The minimum Gasteiger partial charge on any atom is -0.309 e. The Hall–Kier alpha value is -6.33. The molecule has 10 aromatic rings. The zero-order chi connectivity index (χ0) is 30.2. The molecule has 0 fully saturated rings. The molecule has 0 saturated heterocycles. The van der Waals surface area contributed by atoms with Crippen LogP contribution in [0.2, 0.25) is 0 Å². The third kappa shape index (κ3) is 3.42. The van der Waals surface area contributed by atoms with Crippen molar-refractivity contribution in [2.24, 2.45) is 0 Å². The molecule has 0 atom stereocenters. The molecular weight excluding hydrogens is 562 g/mol. The lowest BCUT2D eigenvalue weighted by Crippen LogP contribution is -2.04. The molecule has 0 amide bonds. The van der Waals surface area contributed by atoms with Crippen LogP contribution in [-0.4, -0.2) is 24.1 Å². The van der Waals surface area contributed by atoms with Crippen LogP contribution in [0.4, 0.5) is 0 Å². The van der Waals surface area contributed by atoms with Gasteiger partial charge >= 0.3 is 0 Å². The topological polar surface area (TPSA) is 48.5 Å². The van der Waals surface area contributed by atoms with Crippen LogP contribution in [0.1, 0.15) is 0 Å². The van der Waals surface area contributed by atoms with Gasteiger partial charge in [-0.15, -0.1) is 0 Å². The fourth-order valence-electron chi connectivity index (χ4n) is 7.31. The molecule has 0 N–H and O–H groups in total. The van der Waals surface area contributed by atoms with Gasteiger partial charge in [-0.3, -0.25) is 4.57 Å². The summed E-state index contributed by atoms with van der Waals surface area (Å²) < 4.78 is 4.67. The normalized spacial score (nSPS) is 11.9. The maximum absolute atomic E-state index is 5.32. The van der Waals surface area contributed by atoms with Crippen LogP contribution >= 0.6 is 0 Å². The highest BCUT2D eigenvalue weighted by Crippen LogP contribution is 2.46. The SMILES string of the molecule is c1ccc(-c2nc(-n3c4ccccc4c4c5c6ccccc6n(-c6ccccc6)c5c5ccccc5c43)nc3ncccc23)cc1. The number of nitrogens with zero attached hydrogens (tertiary/aromatic N) is 5. The molecule has 5 nitrogen and oxygen atoms in total. The molecule has 0 radical (unpaired) electrons. The standard InChI is InChI=1S/C41H25N5/c1-3-14-26(15-4-1)37-32-22-13-25-42-40(32)44-41(43-37)46-34-24-12-10-21-31(34)36-35-30-20-9-11-23-33(30)45(27-16-5-2-6-17-27)38(35)28-18-7-8-19-29(28)39(36)46/h1-25H. The van der Waals surface area contributed by atoms with Crippen molar-refractivity contribution in [3.8, 4) is 22.9 Å². The minimum absolute atomic E-state index is 0.604. The number of aromatic nitrogens is 5. The van der Waals surface area contributed by atoms with Gasteiger partial charge in [-0.05, 0) is 36.4 Å². The lowest BCUT2D eigenvalue weighted by molar-refractivity contribution is 1.01. The Bertz CT molecular complexity index is 2790. The van der Waals surface area contributed by atoms with Crippen LogP contribution in [-0.2, 0) is 0 Å². The van der Waals surface area contributed by atoms with E-state index in [1.165, 1.54) is 32.6 Å². The molecule has 4 aromatic heterocycles. The van der Waals surface area contributed by atoms with Crippen molar-refractivity contribution in [1.29, 1.82) is 0 Å². The zero-order valence-corrected chi connectivity index (χ0v) is 24.7. The zero-order valence-electron chi connectivity index (χ0n) is 24.7. The third-order valence-corrected chi connectivity index (χ3v) is 9.16. The molecule has 0 aliphatic carbocycles. The summed E-state index contributed by atoms with van der Waals surface area (Å²) >= 11 is 0. The smallest absolute Gasteiger partial charge is 0.237 e. The van der Waals surface area contributed by atoms with Crippen molar-refractivity contribution < 1.29 is 0 Å². The van der Waals surface area contributed by atoms with Gasteiger partial charge in [0, 0.05) is 55.2 Å². The highest BCUT2D eigenvalue weighted by Gasteiger charge is 2.25. The van der Waals surface area contributed by atoms with Crippen molar-refractivity contribution in [3.05, 3.63) is 152 Å². The quantitative estimate of drug-likeness (QED) is 0.207. The number of para-hydroxylation sites is 3. The third-order valence-electron chi connectivity index (χ3n) is 9.16. The second-order valence-electron chi connectivity index (χ2n) is 11.6. The molecule has 0 saturated carbocycles. The number of rotatable bonds is 3. The van der Waals surface area contributed by atoms with Crippen LogP contribution in [0.25, 0.3) is 88.3 Å². The summed E-state index contributed by atoms with van der Waals surface area (Å²) in [5.74, 6) is 0.604. The number of hydrogen-bond donors (Lipinski definition) is 0. The van der Waals surface area contributed by atoms with Crippen molar-refractivity contribution in [2.45, 2.75) is 0 Å². The minimum atomic E-state index is 0.604. The van der Waals surface area contributed by atoms with Gasteiger partial charge in [-0.25, -0.2) is 9.97 Å². The van der Waals surface area contributed by atoms with Gasteiger partial charge in [0.2, 0.25) is 5.95 Å². The van der Waals surface area contributed by atoms with E-state index in [-0.39, 0.29) is 0 Å². The molecule has 0 spiro atoms. The lowest BCUT2D eigenvalue weighted by atomic mass is 9.99. The van der Waals surface area contributed by atoms with E-state index in [0.29, 0.717) is 11.6 Å². The van der Waals surface area contributed by atoms with E-state index in [1.54, 1.807) is 6.20 Å². The number of fused-ring (bicyclic) bond motifs is 11. The number of benzene rings is 6. The first-order valence-electron chi connectivity index (χ1n) is 15.5. The van der Waals surface area contributed by atoms with Crippen molar-refractivity contribution >= 4 is 65.4 Å². The Morgan fingerprint density at radius 1 is 0.413 bits per heavy atom. The number of pyridine rings is 1. The van der Waals surface area contributed by atoms with Crippen LogP contribution in [0.5, 0.6) is 0 Å². The molecule has 214 valence electrons. The first-order chi connectivity index (χ1) is 22.9. The summed E-state index contributed by atoms with van der Waals surface area (Å²) in [6.07, 6.45) is 1.80. The van der Waals surface area contributed by atoms with Crippen molar-refractivity contribution in [2.75, 3.05) is 0 Å². The summed E-state index contributed by atoms with van der Waals surface area (Å²) in [4.78, 5) is 15.2. The molecule has 46 heavy (non-hydrogen) atoms. The summed E-state index contributed by atoms with van der Waals surface area (Å²) in [5, 5.41) is 8.05. The maximum Gasteiger partial charge on any atom is 0.237 e. The molecule has 0 unspecified atom stereocenters. The van der Waals surface area contributed by atoms with E-state index >= 15 is 0 Å². The Labute approximate surface area is 263 Å². The summed E-state index contributed by atoms with van der Waals surface area (Å²) in [6.45, 7) is 0. The Morgan fingerprint density at radius 3 is 1.61 bits per heavy atom. The Morgan fingerprint density at radius 2 is 0.935 bits per heavy atom. The Kier molecular flexibility index (Phi) is 5.22. The van der Waals surface area contributed by atoms with E-state index in [1.807, 2.05) is 24.3 Å². The largest absolute Gasteiger partial charge is 0.309 e. The van der Waals surface area contributed by atoms with Gasteiger partial charge < -0.3 is 4.57 Å². The first-order valence-corrected chi connectivity index (χ1v) is 15.5.